The summed E-state index contributed by atoms with van der Waals surface area (Å²) in [5, 5.41) is 3.40. The summed E-state index contributed by atoms with van der Waals surface area (Å²) < 4.78 is 0. The highest BCUT2D eigenvalue weighted by atomic mass is 16.2. The van der Waals surface area contributed by atoms with Crippen LogP contribution in [0.1, 0.15) is 46.5 Å². The highest BCUT2D eigenvalue weighted by molar-refractivity contribution is 5.88. The predicted molar refractivity (Wildman–Crippen MR) is 60.3 cm³/mol. The zero-order valence-electron chi connectivity index (χ0n) is 10.0. The lowest BCUT2D eigenvalue weighted by Crippen LogP contribution is -2.43. The van der Waals surface area contributed by atoms with Gasteiger partial charge in [-0.1, -0.05) is 19.8 Å². The topological polar surface area (TPSA) is 32.3 Å². The van der Waals surface area contributed by atoms with E-state index in [1.807, 2.05) is 11.8 Å². The Hall–Kier alpha value is -0.570. The van der Waals surface area contributed by atoms with Crippen molar-refractivity contribution in [2.24, 2.45) is 5.92 Å². The SMILES string of the molecule is CCC1(C)NC(C)N(CCC2CC2)C1=O. The Morgan fingerprint density at radius 3 is 2.67 bits per heavy atom. The molecule has 2 rings (SSSR count). The Kier molecular flexibility index (Phi) is 2.75. The van der Waals surface area contributed by atoms with Gasteiger partial charge >= 0.3 is 0 Å². The molecule has 0 spiro atoms. The molecular weight excluding hydrogens is 188 g/mol. The molecule has 0 aromatic carbocycles. The zero-order valence-corrected chi connectivity index (χ0v) is 10.0. The smallest absolute Gasteiger partial charge is 0.243 e. The molecule has 86 valence electrons. The molecule has 2 atom stereocenters. The van der Waals surface area contributed by atoms with Crippen molar-refractivity contribution in [3.05, 3.63) is 0 Å². The van der Waals surface area contributed by atoms with E-state index in [2.05, 4.69) is 19.2 Å². The molecule has 1 N–H and O–H groups in total. The van der Waals surface area contributed by atoms with Crippen LogP contribution in [0.3, 0.4) is 0 Å². The summed E-state index contributed by atoms with van der Waals surface area (Å²) in [6.45, 7) is 7.12. The lowest BCUT2D eigenvalue weighted by molar-refractivity contribution is -0.132. The number of nitrogens with one attached hydrogen (secondary N) is 1. The molecule has 1 amide bonds. The van der Waals surface area contributed by atoms with Crippen LogP contribution in [0.4, 0.5) is 0 Å². The van der Waals surface area contributed by atoms with E-state index in [0.717, 1.165) is 18.9 Å². The maximum Gasteiger partial charge on any atom is 0.243 e. The van der Waals surface area contributed by atoms with Crippen molar-refractivity contribution in [3.8, 4) is 0 Å². The van der Waals surface area contributed by atoms with Crippen molar-refractivity contribution < 1.29 is 4.79 Å². The third-order valence-electron chi connectivity index (χ3n) is 3.91. The van der Waals surface area contributed by atoms with E-state index in [9.17, 15) is 4.79 Å². The van der Waals surface area contributed by atoms with Gasteiger partial charge in [-0.2, -0.15) is 0 Å². The normalized spacial score (nSPS) is 36.3. The maximum absolute atomic E-state index is 12.2. The Balaban J connectivity index is 1.95. The van der Waals surface area contributed by atoms with Gasteiger partial charge in [-0.15, -0.1) is 0 Å². The summed E-state index contributed by atoms with van der Waals surface area (Å²) in [5.41, 5.74) is -0.317. The first-order chi connectivity index (χ1) is 7.07. The van der Waals surface area contributed by atoms with Crippen molar-refractivity contribution >= 4 is 5.91 Å². The van der Waals surface area contributed by atoms with E-state index in [4.69, 9.17) is 0 Å². The molecule has 3 nitrogen and oxygen atoms in total. The summed E-state index contributed by atoms with van der Waals surface area (Å²) in [5.74, 6) is 1.19. The quantitative estimate of drug-likeness (QED) is 0.766. The summed E-state index contributed by atoms with van der Waals surface area (Å²) in [7, 11) is 0. The molecule has 0 aromatic heterocycles. The maximum atomic E-state index is 12.2. The molecule has 3 heteroatoms. The second-order valence-corrected chi connectivity index (χ2v) is 5.24. The molecule has 0 bridgehead atoms. The van der Waals surface area contributed by atoms with Gasteiger partial charge < -0.3 is 4.90 Å². The molecule has 2 unspecified atom stereocenters. The molecule has 0 aromatic rings. The van der Waals surface area contributed by atoms with Crippen LogP contribution < -0.4 is 5.32 Å². The Bertz CT molecular complexity index is 262. The summed E-state index contributed by atoms with van der Waals surface area (Å²) in [6, 6.07) is 0. The van der Waals surface area contributed by atoms with E-state index in [0.29, 0.717) is 0 Å². The Morgan fingerprint density at radius 1 is 1.53 bits per heavy atom. The summed E-state index contributed by atoms with van der Waals surface area (Å²) in [4.78, 5) is 14.2. The minimum Gasteiger partial charge on any atom is -0.326 e. The van der Waals surface area contributed by atoms with Crippen molar-refractivity contribution in [3.63, 3.8) is 0 Å². The van der Waals surface area contributed by atoms with Gasteiger partial charge in [-0.05, 0) is 32.6 Å². The number of carbonyl (C=O) groups is 1. The molecule has 15 heavy (non-hydrogen) atoms. The fraction of sp³-hybridized carbons (Fsp3) is 0.917. The second-order valence-electron chi connectivity index (χ2n) is 5.24. The van der Waals surface area contributed by atoms with Gasteiger partial charge in [0.1, 0.15) is 0 Å². The summed E-state index contributed by atoms with van der Waals surface area (Å²) >= 11 is 0. The highest BCUT2D eigenvalue weighted by Gasteiger charge is 2.44. The first-order valence-electron chi connectivity index (χ1n) is 6.15. The molecular formula is C12H22N2O. The Morgan fingerprint density at radius 2 is 2.20 bits per heavy atom. The van der Waals surface area contributed by atoms with Gasteiger partial charge in [0.25, 0.3) is 0 Å². The van der Waals surface area contributed by atoms with Gasteiger partial charge in [-0.25, -0.2) is 0 Å². The number of rotatable bonds is 4. The van der Waals surface area contributed by atoms with E-state index in [1.54, 1.807) is 0 Å². The average Bonchev–Trinajstić information content (AvgIpc) is 2.98. The zero-order chi connectivity index (χ0) is 11.1. The van der Waals surface area contributed by atoms with Crippen molar-refractivity contribution in [2.75, 3.05) is 6.54 Å². The van der Waals surface area contributed by atoms with E-state index >= 15 is 0 Å². The molecule has 2 fully saturated rings. The first-order valence-corrected chi connectivity index (χ1v) is 6.15. The monoisotopic (exact) mass is 210 g/mol. The van der Waals surface area contributed by atoms with E-state index < -0.39 is 0 Å². The largest absolute Gasteiger partial charge is 0.326 e. The number of nitrogens with zero attached hydrogens (tertiary/aromatic N) is 1. The van der Waals surface area contributed by atoms with Gasteiger partial charge in [0.2, 0.25) is 5.91 Å². The van der Waals surface area contributed by atoms with Crippen LogP contribution in [0.2, 0.25) is 0 Å². The van der Waals surface area contributed by atoms with Crippen LogP contribution in [0.25, 0.3) is 0 Å². The van der Waals surface area contributed by atoms with Crippen LogP contribution in [0.15, 0.2) is 0 Å². The van der Waals surface area contributed by atoms with Crippen LogP contribution in [-0.2, 0) is 4.79 Å². The van der Waals surface area contributed by atoms with Gasteiger partial charge in [0.05, 0.1) is 11.7 Å². The molecule has 1 saturated heterocycles. The lowest BCUT2D eigenvalue weighted by Gasteiger charge is -2.21. The minimum atomic E-state index is -0.317. The number of carbonyl (C=O) groups excluding carboxylic acids is 1. The van der Waals surface area contributed by atoms with Gasteiger partial charge in [0, 0.05) is 6.54 Å². The van der Waals surface area contributed by atoms with E-state index in [-0.39, 0.29) is 17.6 Å². The third kappa shape index (κ3) is 2.03. The molecule has 1 saturated carbocycles. The molecule has 0 radical (unpaired) electrons. The fourth-order valence-corrected chi connectivity index (χ4v) is 2.37. The van der Waals surface area contributed by atoms with Crippen molar-refractivity contribution in [2.45, 2.75) is 58.2 Å². The van der Waals surface area contributed by atoms with Crippen LogP contribution >= 0.6 is 0 Å². The minimum absolute atomic E-state index is 0.209. The van der Waals surface area contributed by atoms with Crippen molar-refractivity contribution in [1.82, 2.24) is 10.2 Å². The van der Waals surface area contributed by atoms with Crippen molar-refractivity contribution in [1.29, 1.82) is 0 Å². The second kappa shape index (κ2) is 3.78. The fourth-order valence-electron chi connectivity index (χ4n) is 2.37. The first kappa shape index (κ1) is 10.9. The molecule has 1 aliphatic heterocycles. The van der Waals surface area contributed by atoms with E-state index in [1.165, 1.54) is 19.3 Å². The predicted octanol–water partition coefficient (Wildman–Crippen LogP) is 1.73. The van der Waals surface area contributed by atoms with Gasteiger partial charge in [-0.3, -0.25) is 10.1 Å². The van der Waals surface area contributed by atoms with Crippen LogP contribution in [0, 0.1) is 5.92 Å². The number of hydrogen-bond acceptors (Lipinski definition) is 2. The number of amides is 1. The molecule has 2 aliphatic rings. The lowest BCUT2D eigenvalue weighted by atomic mass is 9.99. The summed E-state index contributed by atoms with van der Waals surface area (Å²) in [6.07, 6.45) is 5.01. The number of hydrogen-bond donors (Lipinski definition) is 1. The highest BCUT2D eigenvalue weighted by Crippen LogP contribution is 2.33. The Labute approximate surface area is 92.2 Å². The molecule has 1 heterocycles. The van der Waals surface area contributed by atoms with Gasteiger partial charge in [0.15, 0.2) is 0 Å². The third-order valence-corrected chi connectivity index (χ3v) is 3.91. The van der Waals surface area contributed by atoms with Crippen LogP contribution in [-0.4, -0.2) is 29.1 Å². The molecule has 1 aliphatic carbocycles. The van der Waals surface area contributed by atoms with Crippen LogP contribution in [0.5, 0.6) is 0 Å². The average molecular weight is 210 g/mol. The standard InChI is InChI=1S/C12H22N2O/c1-4-12(3)11(15)14(9(2)13-12)8-7-10-5-6-10/h9-10,13H,4-8H2,1-3H3.